The molecule has 2 heterocycles. The fraction of sp³-hybridized carbons (Fsp3) is 0.0400. The number of carbonyl (C=O) groups is 1. The zero-order chi connectivity index (χ0) is 22.8. The highest BCUT2D eigenvalue weighted by Gasteiger charge is 2.24. The number of nitro groups is 1. The number of rotatable bonds is 5. The Hall–Kier alpha value is -4.17. The molecule has 1 aliphatic rings. The van der Waals surface area contributed by atoms with Gasteiger partial charge in [-0.15, -0.1) is 0 Å². The molecule has 1 N–H and O–H groups in total. The van der Waals surface area contributed by atoms with Crippen molar-refractivity contribution in [1.82, 2.24) is 9.88 Å². The number of carbonyl (C=O) groups excluding carboxylic acids is 1. The molecule has 162 valence electrons. The van der Waals surface area contributed by atoms with Crippen LogP contribution in [0.4, 0.5) is 11.4 Å². The predicted octanol–water partition coefficient (Wildman–Crippen LogP) is 5.49. The molecule has 0 atom stereocenters. The molecule has 1 aliphatic heterocycles. The molecule has 4 aromatic rings. The van der Waals surface area contributed by atoms with Crippen LogP contribution in [0.2, 0.25) is 0 Å². The highest BCUT2D eigenvalue weighted by molar-refractivity contribution is 8.18. The highest BCUT2D eigenvalue weighted by Crippen LogP contribution is 2.31. The number of thioether (sulfide) groups is 1. The van der Waals surface area contributed by atoms with Crippen molar-refractivity contribution in [2.75, 3.05) is 0 Å². The van der Waals surface area contributed by atoms with Crippen molar-refractivity contribution in [3.8, 4) is 0 Å². The average molecular weight is 455 g/mol. The van der Waals surface area contributed by atoms with Gasteiger partial charge in [-0.2, -0.15) is 0 Å². The minimum Gasteiger partial charge on any atom is -0.342 e. The Morgan fingerprint density at radius 2 is 1.73 bits per heavy atom. The normalized spacial score (nSPS) is 15.9. The molecule has 8 heteroatoms. The van der Waals surface area contributed by atoms with E-state index in [0.717, 1.165) is 23.0 Å². The summed E-state index contributed by atoms with van der Waals surface area (Å²) in [5.74, 6) is -0.222. The van der Waals surface area contributed by atoms with Crippen LogP contribution in [0, 0.1) is 10.1 Å². The van der Waals surface area contributed by atoms with Crippen LogP contribution in [-0.2, 0) is 11.3 Å². The third-order valence-corrected chi connectivity index (χ3v) is 6.15. The number of hydrogen-bond acceptors (Lipinski definition) is 5. The van der Waals surface area contributed by atoms with Gasteiger partial charge >= 0.3 is 0 Å². The maximum Gasteiger partial charge on any atom is 0.269 e. The number of fused-ring (bicyclic) bond motifs is 1. The van der Waals surface area contributed by atoms with Crippen LogP contribution >= 0.6 is 11.8 Å². The third-order valence-electron chi connectivity index (χ3n) is 5.24. The maximum atomic E-state index is 12.6. The van der Waals surface area contributed by atoms with Gasteiger partial charge < -0.3 is 9.88 Å². The van der Waals surface area contributed by atoms with Gasteiger partial charge in [-0.3, -0.25) is 14.9 Å². The fourth-order valence-corrected chi connectivity index (χ4v) is 4.52. The smallest absolute Gasteiger partial charge is 0.269 e. The number of para-hydroxylation sites is 1. The number of nitro benzene ring substituents is 1. The lowest BCUT2D eigenvalue weighted by molar-refractivity contribution is -0.384. The van der Waals surface area contributed by atoms with E-state index in [1.807, 2.05) is 42.5 Å². The van der Waals surface area contributed by atoms with Gasteiger partial charge in [0.1, 0.15) is 0 Å². The fourth-order valence-electron chi connectivity index (χ4n) is 3.69. The Morgan fingerprint density at radius 1 is 1.00 bits per heavy atom. The average Bonchev–Trinajstić information content (AvgIpc) is 3.34. The summed E-state index contributed by atoms with van der Waals surface area (Å²) in [6.07, 6.45) is 3.94. The number of aliphatic imine (C=N–C) groups is 1. The minimum absolute atomic E-state index is 0.00506. The van der Waals surface area contributed by atoms with E-state index < -0.39 is 4.92 Å². The van der Waals surface area contributed by atoms with Gasteiger partial charge in [0, 0.05) is 41.3 Å². The van der Waals surface area contributed by atoms with Gasteiger partial charge in [0.25, 0.3) is 11.6 Å². The molecule has 1 saturated heterocycles. The van der Waals surface area contributed by atoms with E-state index in [1.165, 1.54) is 29.5 Å². The van der Waals surface area contributed by atoms with E-state index in [9.17, 15) is 14.9 Å². The highest BCUT2D eigenvalue weighted by atomic mass is 32.2. The van der Waals surface area contributed by atoms with E-state index >= 15 is 0 Å². The summed E-state index contributed by atoms with van der Waals surface area (Å²) in [6.45, 7) is 0.733. The van der Waals surface area contributed by atoms with Crippen molar-refractivity contribution in [2.45, 2.75) is 6.54 Å². The van der Waals surface area contributed by atoms with Gasteiger partial charge in [-0.25, -0.2) is 4.99 Å². The molecule has 1 amide bonds. The molecule has 5 rings (SSSR count). The standard InChI is InChI=1S/C25H18N4O3S/c30-24-23(33-25(27-24)26-19-10-12-20(13-11-19)29(31)32)14-18-16-28(15-17-6-2-1-3-7-17)22-9-5-4-8-21(18)22/h1-14,16H,15H2,(H,26,27,30)/b23-14-. The molecule has 0 spiro atoms. The summed E-state index contributed by atoms with van der Waals surface area (Å²) in [7, 11) is 0. The second-order valence-corrected chi connectivity index (χ2v) is 8.50. The van der Waals surface area contributed by atoms with Gasteiger partial charge in [-0.1, -0.05) is 48.5 Å². The third kappa shape index (κ3) is 4.42. The molecule has 0 aliphatic carbocycles. The lowest BCUT2D eigenvalue weighted by Gasteiger charge is -2.05. The number of non-ortho nitro benzene ring substituents is 1. The molecule has 3 aromatic carbocycles. The van der Waals surface area contributed by atoms with Crippen molar-refractivity contribution in [2.24, 2.45) is 4.99 Å². The first-order chi connectivity index (χ1) is 16.1. The van der Waals surface area contributed by atoms with E-state index in [1.54, 1.807) is 12.1 Å². The van der Waals surface area contributed by atoms with E-state index in [-0.39, 0.29) is 11.6 Å². The van der Waals surface area contributed by atoms with Gasteiger partial charge in [0.2, 0.25) is 0 Å². The largest absolute Gasteiger partial charge is 0.342 e. The molecule has 0 saturated carbocycles. The number of amidine groups is 1. The summed E-state index contributed by atoms with van der Waals surface area (Å²) >= 11 is 1.25. The first kappa shape index (κ1) is 20.7. The molecule has 0 unspecified atom stereocenters. The van der Waals surface area contributed by atoms with Crippen molar-refractivity contribution in [3.05, 3.63) is 111 Å². The quantitative estimate of drug-likeness (QED) is 0.245. The summed E-state index contributed by atoms with van der Waals surface area (Å²) in [5.41, 5.74) is 3.77. The monoisotopic (exact) mass is 454 g/mol. The molecular formula is C25H18N4O3S. The first-order valence-electron chi connectivity index (χ1n) is 10.2. The van der Waals surface area contributed by atoms with Crippen LogP contribution in [0.25, 0.3) is 17.0 Å². The zero-order valence-electron chi connectivity index (χ0n) is 17.3. The predicted molar refractivity (Wildman–Crippen MR) is 131 cm³/mol. The Kier molecular flexibility index (Phi) is 5.50. The van der Waals surface area contributed by atoms with Crippen LogP contribution in [-0.4, -0.2) is 20.6 Å². The lowest BCUT2D eigenvalue weighted by atomic mass is 10.1. The lowest BCUT2D eigenvalue weighted by Crippen LogP contribution is -2.19. The Morgan fingerprint density at radius 3 is 2.48 bits per heavy atom. The SMILES string of the molecule is O=C1NC(=Nc2ccc([N+](=O)[O-])cc2)S/C1=C\c1cn(Cc2ccccc2)c2ccccc12. The Labute approximate surface area is 193 Å². The molecule has 1 aromatic heterocycles. The van der Waals surface area contributed by atoms with E-state index in [4.69, 9.17) is 0 Å². The summed E-state index contributed by atoms with van der Waals surface area (Å²) in [5, 5.41) is 15.1. The zero-order valence-corrected chi connectivity index (χ0v) is 18.2. The number of nitrogens with zero attached hydrogens (tertiary/aromatic N) is 3. The number of benzene rings is 3. The van der Waals surface area contributed by atoms with E-state index in [2.05, 4.69) is 39.3 Å². The molecule has 1 fully saturated rings. The van der Waals surface area contributed by atoms with Crippen LogP contribution in [0.15, 0.2) is 95.0 Å². The topological polar surface area (TPSA) is 89.5 Å². The van der Waals surface area contributed by atoms with Crippen LogP contribution in [0.5, 0.6) is 0 Å². The van der Waals surface area contributed by atoms with Gasteiger partial charge in [0.15, 0.2) is 5.17 Å². The summed E-state index contributed by atoms with van der Waals surface area (Å²) in [6, 6.07) is 24.2. The van der Waals surface area contributed by atoms with Crippen molar-refractivity contribution in [3.63, 3.8) is 0 Å². The Balaban J connectivity index is 1.43. The molecule has 0 bridgehead atoms. The van der Waals surface area contributed by atoms with Crippen molar-refractivity contribution < 1.29 is 9.72 Å². The number of aromatic nitrogens is 1. The van der Waals surface area contributed by atoms with Gasteiger partial charge in [0.05, 0.1) is 15.5 Å². The molecule has 0 radical (unpaired) electrons. The van der Waals surface area contributed by atoms with Crippen LogP contribution in [0.1, 0.15) is 11.1 Å². The Bertz CT molecular complexity index is 1420. The summed E-state index contributed by atoms with van der Waals surface area (Å²) < 4.78 is 2.18. The maximum absolute atomic E-state index is 12.6. The molecular weight excluding hydrogens is 436 g/mol. The van der Waals surface area contributed by atoms with Gasteiger partial charge in [-0.05, 0) is 41.6 Å². The number of hydrogen-bond donors (Lipinski definition) is 1. The van der Waals surface area contributed by atoms with E-state index in [0.29, 0.717) is 15.8 Å². The van der Waals surface area contributed by atoms with Crippen molar-refractivity contribution >= 4 is 51.2 Å². The second-order valence-electron chi connectivity index (χ2n) is 7.47. The first-order valence-corrected chi connectivity index (χ1v) is 11.0. The van der Waals surface area contributed by atoms with Crippen molar-refractivity contribution in [1.29, 1.82) is 0 Å². The number of amides is 1. The number of nitrogens with one attached hydrogen (secondary N) is 1. The summed E-state index contributed by atoms with van der Waals surface area (Å²) in [4.78, 5) is 27.9. The molecule has 7 nitrogen and oxygen atoms in total. The second kappa shape index (κ2) is 8.76. The van der Waals surface area contributed by atoms with Crippen LogP contribution in [0.3, 0.4) is 0 Å². The van der Waals surface area contributed by atoms with Crippen LogP contribution < -0.4 is 5.32 Å². The molecule has 33 heavy (non-hydrogen) atoms. The minimum atomic E-state index is -0.460.